The summed E-state index contributed by atoms with van der Waals surface area (Å²) in [5.41, 5.74) is 1.20. The maximum atomic E-state index is 14.8. The average molecular weight is 493 g/mol. The SMILES string of the molecule is Cc1c(C(=O)Nc2ccc(Oc3ncnn4cc(Cl)cc34)c(F)c2)c(=O)n(-c2ccccc2)n1C. The van der Waals surface area contributed by atoms with E-state index in [-0.39, 0.29) is 22.9 Å². The van der Waals surface area contributed by atoms with Gasteiger partial charge in [0, 0.05) is 25.0 Å². The Balaban J connectivity index is 1.40. The Bertz CT molecular complexity index is 1640. The Morgan fingerprint density at radius 3 is 2.66 bits per heavy atom. The summed E-state index contributed by atoms with van der Waals surface area (Å²) in [5, 5.41) is 7.03. The van der Waals surface area contributed by atoms with Crippen molar-refractivity contribution in [2.24, 2.45) is 7.05 Å². The van der Waals surface area contributed by atoms with E-state index in [9.17, 15) is 14.0 Å². The number of halogens is 2. The van der Waals surface area contributed by atoms with Gasteiger partial charge >= 0.3 is 0 Å². The lowest BCUT2D eigenvalue weighted by molar-refractivity contribution is 0.102. The van der Waals surface area contributed by atoms with Crippen LogP contribution in [0, 0.1) is 12.7 Å². The number of ether oxygens (including phenoxy) is 1. The average Bonchev–Trinajstić information content (AvgIpc) is 3.32. The number of anilines is 1. The lowest BCUT2D eigenvalue weighted by Crippen LogP contribution is -2.25. The Labute approximate surface area is 202 Å². The zero-order valence-corrected chi connectivity index (χ0v) is 19.3. The molecule has 0 saturated heterocycles. The van der Waals surface area contributed by atoms with E-state index in [0.717, 1.165) is 6.07 Å². The highest BCUT2D eigenvalue weighted by molar-refractivity contribution is 6.31. The molecule has 2 aromatic carbocycles. The van der Waals surface area contributed by atoms with Gasteiger partial charge in [-0.3, -0.25) is 14.3 Å². The number of amides is 1. The van der Waals surface area contributed by atoms with Crippen molar-refractivity contribution in [3.8, 4) is 17.3 Å². The first kappa shape index (κ1) is 22.4. The highest BCUT2D eigenvalue weighted by atomic mass is 35.5. The highest BCUT2D eigenvalue weighted by Crippen LogP contribution is 2.29. The van der Waals surface area contributed by atoms with E-state index in [1.54, 1.807) is 55.2 Å². The second-order valence-electron chi connectivity index (χ2n) is 7.69. The first-order chi connectivity index (χ1) is 16.8. The van der Waals surface area contributed by atoms with Crippen molar-refractivity contribution < 1.29 is 13.9 Å². The van der Waals surface area contributed by atoms with E-state index >= 15 is 0 Å². The summed E-state index contributed by atoms with van der Waals surface area (Å²) in [6.07, 6.45) is 2.83. The predicted molar refractivity (Wildman–Crippen MR) is 128 cm³/mol. The van der Waals surface area contributed by atoms with Crippen molar-refractivity contribution >= 4 is 28.7 Å². The van der Waals surface area contributed by atoms with Gasteiger partial charge in [-0.2, -0.15) is 10.1 Å². The Morgan fingerprint density at radius 2 is 1.91 bits per heavy atom. The first-order valence-corrected chi connectivity index (χ1v) is 10.8. The van der Waals surface area contributed by atoms with Gasteiger partial charge < -0.3 is 10.1 Å². The minimum Gasteiger partial charge on any atom is -0.434 e. The molecule has 0 aliphatic carbocycles. The van der Waals surface area contributed by atoms with Crippen LogP contribution >= 0.6 is 11.6 Å². The maximum Gasteiger partial charge on any atom is 0.284 e. The third kappa shape index (κ3) is 4.04. The Hall–Kier alpha value is -4.44. The third-order valence-electron chi connectivity index (χ3n) is 5.51. The van der Waals surface area contributed by atoms with Crippen LogP contribution in [-0.2, 0) is 7.05 Å². The zero-order chi connectivity index (χ0) is 24.7. The Kier molecular flexibility index (Phi) is 5.58. The van der Waals surface area contributed by atoms with Crippen LogP contribution < -0.4 is 15.6 Å². The van der Waals surface area contributed by atoms with Gasteiger partial charge in [-0.25, -0.2) is 13.6 Å². The molecule has 5 rings (SSSR count). The molecule has 0 spiro atoms. The predicted octanol–water partition coefficient (Wildman–Crippen LogP) is 4.36. The fourth-order valence-corrected chi connectivity index (χ4v) is 3.94. The van der Waals surface area contributed by atoms with E-state index in [4.69, 9.17) is 16.3 Å². The van der Waals surface area contributed by atoms with Crippen LogP contribution in [0.2, 0.25) is 5.02 Å². The minimum atomic E-state index is -0.733. The van der Waals surface area contributed by atoms with Gasteiger partial charge in [0.15, 0.2) is 11.6 Å². The van der Waals surface area contributed by atoms with E-state index in [1.165, 1.54) is 27.7 Å². The van der Waals surface area contributed by atoms with Crippen molar-refractivity contribution in [1.29, 1.82) is 0 Å². The van der Waals surface area contributed by atoms with Crippen LogP contribution in [0.15, 0.2) is 71.9 Å². The van der Waals surface area contributed by atoms with E-state index in [1.807, 2.05) is 6.07 Å². The number of rotatable bonds is 5. The number of benzene rings is 2. The normalized spacial score (nSPS) is 11.1. The van der Waals surface area contributed by atoms with E-state index in [0.29, 0.717) is 21.9 Å². The standard InChI is InChI=1S/C24H18ClFN6O3/c1-14-21(24(34)32(30(14)2)17-6-4-3-5-7-17)22(33)29-16-8-9-20(18(26)11-16)35-23-19-10-15(25)12-31(19)28-13-27-23/h3-13H,1-2H3,(H,29,33). The van der Waals surface area contributed by atoms with Crippen LogP contribution in [0.4, 0.5) is 10.1 Å². The summed E-state index contributed by atoms with van der Waals surface area (Å²) in [7, 11) is 1.69. The van der Waals surface area contributed by atoms with Gasteiger partial charge in [-0.05, 0) is 37.3 Å². The molecule has 1 amide bonds. The van der Waals surface area contributed by atoms with E-state index < -0.39 is 17.3 Å². The molecule has 0 saturated carbocycles. The number of hydrogen-bond donors (Lipinski definition) is 1. The molecular weight excluding hydrogens is 475 g/mol. The molecule has 5 aromatic rings. The van der Waals surface area contributed by atoms with Crippen molar-refractivity contribution in [3.63, 3.8) is 0 Å². The molecule has 0 aliphatic heterocycles. The second kappa shape index (κ2) is 8.73. The first-order valence-electron chi connectivity index (χ1n) is 10.4. The van der Waals surface area contributed by atoms with Gasteiger partial charge in [-0.15, -0.1) is 0 Å². The molecule has 0 aliphatic rings. The number of carbonyl (C=O) groups excluding carboxylic acids is 1. The summed E-state index contributed by atoms with van der Waals surface area (Å²) in [4.78, 5) is 30.0. The van der Waals surface area contributed by atoms with Crippen molar-refractivity contribution in [2.75, 3.05) is 5.32 Å². The second-order valence-corrected chi connectivity index (χ2v) is 8.13. The number of carbonyl (C=O) groups is 1. The summed E-state index contributed by atoms with van der Waals surface area (Å²) in [6, 6.07) is 14.5. The number of para-hydroxylation sites is 1. The molecule has 35 heavy (non-hydrogen) atoms. The molecule has 1 N–H and O–H groups in total. The molecule has 3 aromatic heterocycles. The van der Waals surface area contributed by atoms with Crippen LogP contribution in [0.1, 0.15) is 16.1 Å². The van der Waals surface area contributed by atoms with Gasteiger partial charge in [-0.1, -0.05) is 29.8 Å². The molecule has 0 radical (unpaired) electrons. The van der Waals surface area contributed by atoms with Gasteiger partial charge in [0.05, 0.1) is 16.4 Å². The molecule has 0 bridgehead atoms. The maximum absolute atomic E-state index is 14.8. The van der Waals surface area contributed by atoms with Gasteiger partial charge in [0.2, 0.25) is 5.88 Å². The lowest BCUT2D eigenvalue weighted by Gasteiger charge is -2.09. The van der Waals surface area contributed by atoms with Crippen molar-refractivity contribution in [2.45, 2.75) is 6.92 Å². The van der Waals surface area contributed by atoms with Gasteiger partial charge in [0.1, 0.15) is 17.4 Å². The fourth-order valence-electron chi connectivity index (χ4n) is 3.74. The van der Waals surface area contributed by atoms with Crippen LogP contribution in [0.25, 0.3) is 11.2 Å². The molecule has 9 nitrogen and oxygen atoms in total. The molecular formula is C24H18ClFN6O3. The monoisotopic (exact) mass is 492 g/mol. The zero-order valence-electron chi connectivity index (χ0n) is 18.6. The van der Waals surface area contributed by atoms with E-state index in [2.05, 4.69) is 15.4 Å². The number of hydrogen-bond acceptors (Lipinski definition) is 5. The highest BCUT2D eigenvalue weighted by Gasteiger charge is 2.22. The molecule has 176 valence electrons. The molecule has 3 heterocycles. The molecule has 0 unspecified atom stereocenters. The number of aromatic nitrogens is 5. The quantitative estimate of drug-likeness (QED) is 0.393. The van der Waals surface area contributed by atoms with Crippen LogP contribution in [0.5, 0.6) is 11.6 Å². The fraction of sp³-hybridized carbons (Fsp3) is 0.0833. The largest absolute Gasteiger partial charge is 0.434 e. The smallest absolute Gasteiger partial charge is 0.284 e. The summed E-state index contributed by atoms with van der Waals surface area (Å²) in [5.74, 6) is -1.37. The van der Waals surface area contributed by atoms with Crippen LogP contribution in [-0.4, -0.2) is 29.9 Å². The summed E-state index contributed by atoms with van der Waals surface area (Å²) in [6.45, 7) is 1.67. The number of fused-ring (bicyclic) bond motifs is 1. The summed E-state index contributed by atoms with van der Waals surface area (Å²) < 4.78 is 24.9. The Morgan fingerprint density at radius 1 is 1.14 bits per heavy atom. The topological polar surface area (TPSA) is 95.5 Å². The number of nitrogens with one attached hydrogen (secondary N) is 1. The third-order valence-corrected chi connectivity index (χ3v) is 5.72. The van der Waals surface area contributed by atoms with Gasteiger partial charge in [0.25, 0.3) is 11.5 Å². The summed E-state index contributed by atoms with van der Waals surface area (Å²) >= 11 is 5.99. The molecule has 0 atom stereocenters. The van der Waals surface area contributed by atoms with Crippen molar-refractivity contribution in [1.82, 2.24) is 24.0 Å². The lowest BCUT2D eigenvalue weighted by atomic mass is 10.2. The minimum absolute atomic E-state index is 0.0365. The number of nitrogens with zero attached hydrogens (tertiary/aromatic N) is 5. The van der Waals surface area contributed by atoms with Crippen LogP contribution in [0.3, 0.4) is 0 Å². The van der Waals surface area contributed by atoms with Crippen molar-refractivity contribution in [3.05, 3.63) is 99.6 Å². The molecule has 0 fully saturated rings. The molecule has 11 heteroatoms.